The number of ether oxygens (including phenoxy) is 1. The highest BCUT2D eigenvalue weighted by Gasteiger charge is 2.35. The smallest absolute Gasteiger partial charge is 0.248 e. The van der Waals surface area contributed by atoms with Crippen LogP contribution in [0.3, 0.4) is 0 Å². The van der Waals surface area contributed by atoms with Crippen molar-refractivity contribution >= 4 is 5.91 Å². The van der Waals surface area contributed by atoms with Gasteiger partial charge in [-0.1, -0.05) is 44.2 Å². The minimum Gasteiger partial charge on any atom is -0.492 e. The average molecular weight is 310 g/mol. The lowest BCUT2D eigenvalue weighted by Crippen LogP contribution is -2.37. The van der Waals surface area contributed by atoms with Crippen molar-refractivity contribution < 1.29 is 9.53 Å². The molecule has 2 aromatic rings. The first-order valence-corrected chi connectivity index (χ1v) is 7.85. The third kappa shape index (κ3) is 2.94. The highest BCUT2D eigenvalue weighted by Crippen LogP contribution is 2.41. The van der Waals surface area contributed by atoms with Gasteiger partial charge >= 0.3 is 0 Å². The Labute approximate surface area is 136 Å². The van der Waals surface area contributed by atoms with Gasteiger partial charge in [0.25, 0.3) is 0 Å². The van der Waals surface area contributed by atoms with Crippen LogP contribution in [0.15, 0.2) is 48.5 Å². The second-order valence-corrected chi connectivity index (χ2v) is 6.44. The van der Waals surface area contributed by atoms with E-state index in [9.17, 15) is 4.79 Å². The minimum atomic E-state index is -0.423. The fourth-order valence-corrected chi connectivity index (χ4v) is 3.21. The van der Waals surface area contributed by atoms with Crippen LogP contribution in [-0.2, 0) is 5.41 Å². The van der Waals surface area contributed by atoms with E-state index in [1.165, 1.54) is 5.56 Å². The molecule has 0 aromatic heterocycles. The lowest BCUT2D eigenvalue weighted by atomic mass is 9.74. The standard InChI is InChI=1S/C19H22N2O2/c1-19(2,14-6-4-3-5-7-14)17-15-12-13(18(20)22)8-9-16(15)23-11-10-21-17/h3-9,12,17,21H,10-11H2,1-2H3,(H2,20,22). The summed E-state index contributed by atoms with van der Waals surface area (Å²) < 4.78 is 5.83. The maximum atomic E-state index is 11.6. The predicted octanol–water partition coefficient (Wildman–Crippen LogP) is 2.79. The summed E-state index contributed by atoms with van der Waals surface area (Å²) in [5.74, 6) is 0.391. The molecule has 1 unspecified atom stereocenters. The topological polar surface area (TPSA) is 64.3 Å². The van der Waals surface area contributed by atoms with E-state index in [0.717, 1.165) is 17.9 Å². The molecule has 0 fully saturated rings. The Balaban J connectivity index is 2.10. The van der Waals surface area contributed by atoms with Crippen LogP contribution in [0.4, 0.5) is 0 Å². The number of nitrogens with two attached hydrogens (primary N) is 1. The molecular formula is C19H22N2O2. The Morgan fingerprint density at radius 2 is 1.96 bits per heavy atom. The molecule has 1 heterocycles. The first-order valence-electron chi connectivity index (χ1n) is 7.85. The van der Waals surface area contributed by atoms with Crippen molar-refractivity contribution in [2.45, 2.75) is 25.3 Å². The molecule has 23 heavy (non-hydrogen) atoms. The van der Waals surface area contributed by atoms with Crippen LogP contribution in [0.1, 0.15) is 41.4 Å². The second kappa shape index (κ2) is 6.05. The third-order valence-electron chi connectivity index (χ3n) is 4.55. The molecule has 1 amide bonds. The molecule has 4 nitrogen and oxygen atoms in total. The van der Waals surface area contributed by atoms with Gasteiger partial charge in [0.05, 0.1) is 0 Å². The van der Waals surface area contributed by atoms with Crippen LogP contribution in [0.5, 0.6) is 5.75 Å². The van der Waals surface area contributed by atoms with E-state index in [1.807, 2.05) is 30.3 Å². The average Bonchev–Trinajstić information content (AvgIpc) is 2.77. The summed E-state index contributed by atoms with van der Waals surface area (Å²) in [5.41, 5.74) is 8.00. The first-order chi connectivity index (χ1) is 11.0. The van der Waals surface area contributed by atoms with Crippen molar-refractivity contribution in [2.75, 3.05) is 13.2 Å². The van der Waals surface area contributed by atoms with Crippen molar-refractivity contribution in [3.8, 4) is 5.75 Å². The lowest BCUT2D eigenvalue weighted by Gasteiger charge is -2.35. The van der Waals surface area contributed by atoms with Gasteiger partial charge in [-0.2, -0.15) is 0 Å². The maximum absolute atomic E-state index is 11.6. The zero-order valence-electron chi connectivity index (χ0n) is 13.5. The van der Waals surface area contributed by atoms with Crippen molar-refractivity contribution in [2.24, 2.45) is 5.73 Å². The quantitative estimate of drug-likeness (QED) is 0.916. The van der Waals surface area contributed by atoms with Gasteiger partial charge in [-0.25, -0.2) is 0 Å². The van der Waals surface area contributed by atoms with Crippen molar-refractivity contribution in [1.29, 1.82) is 0 Å². The van der Waals surface area contributed by atoms with Crippen molar-refractivity contribution in [3.05, 3.63) is 65.2 Å². The lowest BCUT2D eigenvalue weighted by molar-refractivity contribution is 0.1000. The van der Waals surface area contributed by atoms with Gasteiger partial charge in [0.2, 0.25) is 5.91 Å². The number of primary amides is 1. The fourth-order valence-electron chi connectivity index (χ4n) is 3.21. The van der Waals surface area contributed by atoms with E-state index in [2.05, 4.69) is 31.3 Å². The van der Waals surface area contributed by atoms with Crippen molar-refractivity contribution in [1.82, 2.24) is 5.32 Å². The van der Waals surface area contributed by atoms with Gasteiger partial charge in [-0.15, -0.1) is 0 Å². The molecule has 0 aliphatic carbocycles. The third-order valence-corrected chi connectivity index (χ3v) is 4.55. The van der Waals surface area contributed by atoms with E-state index >= 15 is 0 Å². The first kappa shape index (κ1) is 15.6. The SMILES string of the molecule is CC(C)(c1ccccc1)C1NCCOc2ccc(C(N)=O)cc21. The van der Waals surface area contributed by atoms with Crippen LogP contribution >= 0.6 is 0 Å². The zero-order chi connectivity index (χ0) is 16.4. The highest BCUT2D eigenvalue weighted by molar-refractivity contribution is 5.93. The van der Waals surface area contributed by atoms with Crippen LogP contribution in [0.2, 0.25) is 0 Å². The van der Waals surface area contributed by atoms with Crippen LogP contribution in [0.25, 0.3) is 0 Å². The molecule has 1 aliphatic rings. The number of hydrogen-bond acceptors (Lipinski definition) is 3. The number of hydrogen-bond donors (Lipinski definition) is 2. The zero-order valence-corrected chi connectivity index (χ0v) is 13.5. The van der Waals surface area contributed by atoms with Gasteiger partial charge in [0, 0.05) is 29.1 Å². The van der Waals surface area contributed by atoms with E-state index in [-0.39, 0.29) is 11.5 Å². The van der Waals surface area contributed by atoms with Gasteiger partial charge in [-0.05, 0) is 23.8 Å². The van der Waals surface area contributed by atoms with Gasteiger partial charge < -0.3 is 15.8 Å². The van der Waals surface area contributed by atoms with Crippen molar-refractivity contribution in [3.63, 3.8) is 0 Å². The number of carbonyl (C=O) groups excluding carboxylic acids is 1. The molecule has 0 saturated heterocycles. The normalized spacial score (nSPS) is 17.7. The Morgan fingerprint density at radius 1 is 1.22 bits per heavy atom. The van der Waals surface area contributed by atoms with Gasteiger partial charge in [0.1, 0.15) is 12.4 Å². The van der Waals surface area contributed by atoms with E-state index in [0.29, 0.717) is 12.2 Å². The molecule has 0 spiro atoms. The molecule has 0 saturated carbocycles. The summed E-state index contributed by atoms with van der Waals surface area (Å²) in [4.78, 5) is 11.6. The molecule has 120 valence electrons. The molecule has 3 rings (SSSR count). The largest absolute Gasteiger partial charge is 0.492 e. The van der Waals surface area contributed by atoms with Crippen LogP contribution < -0.4 is 15.8 Å². The summed E-state index contributed by atoms with van der Waals surface area (Å²) >= 11 is 0. The number of carbonyl (C=O) groups is 1. The number of fused-ring (bicyclic) bond motifs is 1. The van der Waals surface area contributed by atoms with Gasteiger partial charge in [0.15, 0.2) is 0 Å². The summed E-state index contributed by atoms with van der Waals surface area (Å²) in [6.45, 7) is 5.75. The molecule has 3 N–H and O–H groups in total. The summed E-state index contributed by atoms with van der Waals surface area (Å²) in [6, 6.07) is 15.8. The maximum Gasteiger partial charge on any atom is 0.248 e. The van der Waals surface area contributed by atoms with Crippen LogP contribution in [-0.4, -0.2) is 19.1 Å². The Kier molecular flexibility index (Phi) is 4.09. The molecule has 4 heteroatoms. The van der Waals surface area contributed by atoms with E-state index in [4.69, 9.17) is 10.5 Å². The monoisotopic (exact) mass is 310 g/mol. The Morgan fingerprint density at radius 3 is 2.65 bits per heavy atom. The summed E-state index contributed by atoms with van der Waals surface area (Å²) in [7, 11) is 0. The highest BCUT2D eigenvalue weighted by atomic mass is 16.5. The number of benzene rings is 2. The summed E-state index contributed by atoms with van der Waals surface area (Å²) in [6.07, 6.45) is 0. The number of amides is 1. The molecule has 1 aliphatic heterocycles. The van der Waals surface area contributed by atoms with Gasteiger partial charge in [-0.3, -0.25) is 4.79 Å². The molecule has 2 aromatic carbocycles. The van der Waals surface area contributed by atoms with Crippen LogP contribution in [0, 0.1) is 0 Å². The number of nitrogens with one attached hydrogen (secondary N) is 1. The molecular weight excluding hydrogens is 288 g/mol. The molecule has 0 bridgehead atoms. The number of rotatable bonds is 3. The minimum absolute atomic E-state index is 0.0294. The Bertz CT molecular complexity index is 711. The predicted molar refractivity (Wildman–Crippen MR) is 90.7 cm³/mol. The fraction of sp³-hybridized carbons (Fsp3) is 0.316. The Hall–Kier alpha value is -2.33. The van der Waals surface area contributed by atoms with E-state index in [1.54, 1.807) is 6.07 Å². The molecule has 0 radical (unpaired) electrons. The molecule has 1 atom stereocenters. The second-order valence-electron chi connectivity index (χ2n) is 6.44. The van der Waals surface area contributed by atoms with E-state index < -0.39 is 5.91 Å². The summed E-state index contributed by atoms with van der Waals surface area (Å²) in [5, 5.41) is 3.57.